The maximum absolute atomic E-state index is 13.3. The van der Waals surface area contributed by atoms with Crippen LogP contribution in [0.5, 0.6) is 0 Å². The van der Waals surface area contributed by atoms with Crippen LogP contribution in [0.4, 0.5) is 8.78 Å². The van der Waals surface area contributed by atoms with E-state index in [0.717, 1.165) is 32.2 Å². The van der Waals surface area contributed by atoms with Crippen molar-refractivity contribution < 1.29 is 13.5 Å². The van der Waals surface area contributed by atoms with Gasteiger partial charge in [-0.25, -0.2) is 8.78 Å². The molecule has 0 saturated carbocycles. The van der Waals surface area contributed by atoms with Crippen LogP contribution in [0.3, 0.4) is 0 Å². The molecule has 1 fully saturated rings. The van der Waals surface area contributed by atoms with E-state index in [2.05, 4.69) is 19.2 Å². The van der Waals surface area contributed by atoms with E-state index in [1.165, 1.54) is 12.1 Å². The summed E-state index contributed by atoms with van der Waals surface area (Å²) in [5, 5.41) is 3.45. The van der Waals surface area contributed by atoms with E-state index >= 15 is 0 Å². The largest absolute Gasteiger partial charge is 0.381 e. The number of benzene rings is 1. The molecule has 1 aliphatic heterocycles. The van der Waals surface area contributed by atoms with Gasteiger partial charge in [0.05, 0.1) is 6.61 Å². The quantitative estimate of drug-likeness (QED) is 0.866. The highest BCUT2D eigenvalue weighted by Gasteiger charge is 2.35. The van der Waals surface area contributed by atoms with Crippen molar-refractivity contribution in [1.82, 2.24) is 5.32 Å². The van der Waals surface area contributed by atoms with Crippen LogP contribution >= 0.6 is 0 Å². The van der Waals surface area contributed by atoms with Crippen LogP contribution in [-0.4, -0.2) is 26.3 Å². The van der Waals surface area contributed by atoms with Crippen LogP contribution < -0.4 is 5.32 Å². The Hall–Kier alpha value is -1.00. The van der Waals surface area contributed by atoms with Gasteiger partial charge in [0.2, 0.25) is 0 Å². The molecular formula is C16H23F2NO. The van der Waals surface area contributed by atoms with E-state index in [1.54, 1.807) is 0 Å². The Morgan fingerprint density at radius 3 is 2.50 bits per heavy atom. The Balaban J connectivity index is 2.04. The lowest BCUT2D eigenvalue weighted by atomic mass is 9.80. The van der Waals surface area contributed by atoms with Crippen molar-refractivity contribution in [3.8, 4) is 0 Å². The number of halogens is 2. The summed E-state index contributed by atoms with van der Waals surface area (Å²) in [7, 11) is 0. The molecule has 0 bridgehead atoms. The minimum atomic E-state index is -0.510. The lowest BCUT2D eigenvalue weighted by Crippen LogP contribution is -2.38. The average Bonchev–Trinajstić information content (AvgIpc) is 2.75. The fourth-order valence-electron chi connectivity index (χ4n) is 2.76. The van der Waals surface area contributed by atoms with Gasteiger partial charge in [-0.05, 0) is 43.0 Å². The Kier molecular flexibility index (Phi) is 5.11. The smallest absolute Gasteiger partial charge is 0.126 e. The monoisotopic (exact) mass is 283 g/mol. The summed E-state index contributed by atoms with van der Waals surface area (Å²) in [5.41, 5.74) is 0.661. The third-order valence-electron chi connectivity index (χ3n) is 3.74. The first-order valence-corrected chi connectivity index (χ1v) is 7.23. The van der Waals surface area contributed by atoms with Gasteiger partial charge in [0.1, 0.15) is 11.6 Å². The number of nitrogens with one attached hydrogen (secondary N) is 1. The minimum absolute atomic E-state index is 0.0465. The standard InChI is InChI=1S/C16H23F2NO/c1-12(2)9-19-10-16(3-4-20-11-16)8-13-5-14(17)7-15(18)6-13/h5-7,12,19H,3-4,8-11H2,1-2H3. The van der Waals surface area contributed by atoms with Gasteiger partial charge in [0.25, 0.3) is 0 Å². The zero-order chi connectivity index (χ0) is 14.6. The first kappa shape index (κ1) is 15.4. The summed E-state index contributed by atoms with van der Waals surface area (Å²) in [4.78, 5) is 0. The van der Waals surface area contributed by atoms with E-state index in [4.69, 9.17) is 4.74 Å². The fourth-order valence-corrected chi connectivity index (χ4v) is 2.76. The molecule has 20 heavy (non-hydrogen) atoms. The van der Waals surface area contributed by atoms with Crippen molar-refractivity contribution in [2.45, 2.75) is 26.7 Å². The lowest BCUT2D eigenvalue weighted by molar-refractivity contribution is 0.148. The van der Waals surface area contributed by atoms with Crippen molar-refractivity contribution in [3.63, 3.8) is 0 Å². The highest BCUT2D eigenvalue weighted by molar-refractivity contribution is 5.20. The van der Waals surface area contributed by atoms with Crippen molar-refractivity contribution >= 4 is 0 Å². The van der Waals surface area contributed by atoms with Gasteiger partial charge in [-0.15, -0.1) is 0 Å². The van der Waals surface area contributed by atoms with E-state index in [9.17, 15) is 8.78 Å². The van der Waals surface area contributed by atoms with Gasteiger partial charge in [-0.2, -0.15) is 0 Å². The van der Waals surface area contributed by atoms with Crippen molar-refractivity contribution in [3.05, 3.63) is 35.4 Å². The molecular weight excluding hydrogens is 260 g/mol. The number of rotatable bonds is 6. The molecule has 1 atom stereocenters. The molecule has 1 saturated heterocycles. The zero-order valence-electron chi connectivity index (χ0n) is 12.2. The van der Waals surface area contributed by atoms with Crippen LogP contribution in [0.2, 0.25) is 0 Å². The van der Waals surface area contributed by atoms with E-state index in [0.29, 0.717) is 24.5 Å². The Morgan fingerprint density at radius 2 is 1.95 bits per heavy atom. The molecule has 1 aliphatic rings. The molecule has 4 heteroatoms. The molecule has 0 aromatic heterocycles. The van der Waals surface area contributed by atoms with Gasteiger partial charge < -0.3 is 10.1 Å². The predicted octanol–water partition coefficient (Wildman–Crippen LogP) is 3.16. The summed E-state index contributed by atoms with van der Waals surface area (Å²) in [5.74, 6) is -0.436. The highest BCUT2D eigenvalue weighted by Crippen LogP contribution is 2.32. The van der Waals surface area contributed by atoms with Crippen molar-refractivity contribution in [2.24, 2.45) is 11.3 Å². The molecule has 1 aromatic rings. The van der Waals surface area contributed by atoms with Gasteiger partial charge in [-0.3, -0.25) is 0 Å². The van der Waals surface area contributed by atoms with Gasteiger partial charge in [0.15, 0.2) is 0 Å². The van der Waals surface area contributed by atoms with Gasteiger partial charge in [-0.1, -0.05) is 13.8 Å². The predicted molar refractivity (Wildman–Crippen MR) is 75.6 cm³/mol. The Labute approximate surface area is 119 Å². The molecule has 2 rings (SSSR count). The number of hydrogen-bond donors (Lipinski definition) is 1. The molecule has 2 nitrogen and oxygen atoms in total. The van der Waals surface area contributed by atoms with Gasteiger partial charge in [0, 0.05) is 24.6 Å². The summed E-state index contributed by atoms with van der Waals surface area (Å²) in [6.07, 6.45) is 1.57. The van der Waals surface area contributed by atoms with E-state index < -0.39 is 11.6 Å². The average molecular weight is 283 g/mol. The topological polar surface area (TPSA) is 21.3 Å². The third kappa shape index (κ3) is 4.25. The summed E-state index contributed by atoms with van der Waals surface area (Å²) >= 11 is 0. The van der Waals surface area contributed by atoms with Crippen LogP contribution in [0.15, 0.2) is 18.2 Å². The second kappa shape index (κ2) is 6.64. The Morgan fingerprint density at radius 1 is 1.25 bits per heavy atom. The molecule has 0 amide bonds. The SMILES string of the molecule is CC(C)CNCC1(Cc2cc(F)cc(F)c2)CCOC1. The van der Waals surface area contributed by atoms with Crippen LogP contribution in [-0.2, 0) is 11.2 Å². The fraction of sp³-hybridized carbons (Fsp3) is 0.625. The molecule has 0 spiro atoms. The van der Waals surface area contributed by atoms with E-state index in [-0.39, 0.29) is 5.41 Å². The maximum Gasteiger partial charge on any atom is 0.126 e. The van der Waals surface area contributed by atoms with Crippen LogP contribution in [0, 0.1) is 23.0 Å². The maximum atomic E-state index is 13.3. The van der Waals surface area contributed by atoms with Crippen LogP contribution in [0.25, 0.3) is 0 Å². The number of ether oxygens (including phenoxy) is 1. The number of hydrogen-bond acceptors (Lipinski definition) is 2. The normalized spacial score (nSPS) is 22.6. The molecule has 1 N–H and O–H groups in total. The lowest BCUT2D eigenvalue weighted by Gasteiger charge is -2.28. The summed E-state index contributed by atoms with van der Waals surface area (Å²) in [6.45, 7) is 7.46. The molecule has 0 aliphatic carbocycles. The molecule has 1 aromatic carbocycles. The first-order valence-electron chi connectivity index (χ1n) is 7.23. The molecule has 0 radical (unpaired) electrons. The summed E-state index contributed by atoms with van der Waals surface area (Å²) in [6, 6.07) is 3.76. The molecule has 1 unspecified atom stereocenters. The molecule has 1 heterocycles. The second-order valence-electron chi connectivity index (χ2n) is 6.28. The van der Waals surface area contributed by atoms with Crippen molar-refractivity contribution in [2.75, 3.05) is 26.3 Å². The highest BCUT2D eigenvalue weighted by atomic mass is 19.1. The van der Waals surface area contributed by atoms with E-state index in [1.807, 2.05) is 0 Å². The Bertz CT molecular complexity index is 422. The van der Waals surface area contributed by atoms with Crippen LogP contribution in [0.1, 0.15) is 25.8 Å². The van der Waals surface area contributed by atoms with Gasteiger partial charge >= 0.3 is 0 Å². The summed E-state index contributed by atoms with van der Waals surface area (Å²) < 4.78 is 32.1. The zero-order valence-corrected chi connectivity index (χ0v) is 12.2. The minimum Gasteiger partial charge on any atom is -0.381 e. The molecule has 112 valence electrons. The second-order valence-corrected chi connectivity index (χ2v) is 6.28. The first-order chi connectivity index (χ1) is 9.49. The third-order valence-corrected chi connectivity index (χ3v) is 3.74. The van der Waals surface area contributed by atoms with Crippen molar-refractivity contribution in [1.29, 1.82) is 0 Å².